The van der Waals surface area contributed by atoms with Gasteiger partial charge < -0.3 is 9.47 Å². The average molecular weight is 448 g/mol. The maximum Gasteiger partial charge on any atom is 0.239 e. The molecule has 2 aromatic rings. The number of nitrogens with zero attached hydrogens (tertiary/aromatic N) is 3. The number of fused-ring (bicyclic) bond motifs is 1. The van der Waals surface area contributed by atoms with E-state index in [0.29, 0.717) is 34.8 Å². The highest BCUT2D eigenvalue weighted by Crippen LogP contribution is 2.39. The molecule has 1 aliphatic heterocycles. The lowest BCUT2D eigenvalue weighted by atomic mass is 9.95. The second-order valence-corrected chi connectivity index (χ2v) is 8.34. The monoisotopic (exact) mass is 447 g/mol. The van der Waals surface area contributed by atoms with Gasteiger partial charge in [0, 0.05) is 24.5 Å². The summed E-state index contributed by atoms with van der Waals surface area (Å²) in [5, 5.41) is 6.70. The number of rotatable bonds is 5. The lowest BCUT2D eigenvalue weighted by Gasteiger charge is -2.29. The second-order valence-electron chi connectivity index (χ2n) is 7.57. The Morgan fingerprint density at radius 1 is 1.20 bits per heavy atom. The first-order valence-corrected chi connectivity index (χ1v) is 10.7. The van der Waals surface area contributed by atoms with Gasteiger partial charge in [0.15, 0.2) is 11.5 Å². The van der Waals surface area contributed by atoms with Crippen LogP contribution in [-0.4, -0.2) is 34.8 Å². The molecule has 1 aromatic heterocycles. The predicted octanol–water partition coefficient (Wildman–Crippen LogP) is 5.03. The first kappa shape index (κ1) is 20.9. The van der Waals surface area contributed by atoms with Gasteiger partial charge in [0.05, 0.1) is 25.5 Å². The Hall–Kier alpha value is -2.31. The Labute approximate surface area is 185 Å². The summed E-state index contributed by atoms with van der Waals surface area (Å²) >= 11 is 12.1. The van der Waals surface area contributed by atoms with Gasteiger partial charge in [-0.05, 0) is 55.5 Å². The van der Waals surface area contributed by atoms with E-state index >= 15 is 0 Å². The molecule has 0 radical (unpaired) electrons. The van der Waals surface area contributed by atoms with Crippen LogP contribution in [0.3, 0.4) is 0 Å². The summed E-state index contributed by atoms with van der Waals surface area (Å²) in [6.45, 7) is 1.84. The Morgan fingerprint density at radius 2 is 1.90 bits per heavy atom. The van der Waals surface area contributed by atoms with Crippen LogP contribution in [0.4, 0.5) is 0 Å². The van der Waals surface area contributed by atoms with Crippen LogP contribution in [0.2, 0.25) is 10.3 Å². The highest BCUT2D eigenvalue weighted by atomic mass is 35.5. The third-order valence-electron chi connectivity index (χ3n) is 5.45. The van der Waals surface area contributed by atoms with E-state index in [1.807, 2.05) is 12.1 Å². The molecule has 0 bridgehead atoms. The van der Waals surface area contributed by atoms with Crippen molar-refractivity contribution in [2.75, 3.05) is 7.11 Å². The highest BCUT2D eigenvalue weighted by Gasteiger charge is 2.29. The SMILES string of the molecule is COc1ccc2c(c1OC1CCCC1)CN(C(C)=O)N=C2Cc1cc(Cl)nc(Cl)c1. The van der Waals surface area contributed by atoms with Gasteiger partial charge in [0.2, 0.25) is 5.91 Å². The summed E-state index contributed by atoms with van der Waals surface area (Å²) < 4.78 is 12.0. The summed E-state index contributed by atoms with van der Waals surface area (Å²) in [5.41, 5.74) is 3.45. The summed E-state index contributed by atoms with van der Waals surface area (Å²) in [7, 11) is 1.63. The van der Waals surface area contributed by atoms with E-state index in [2.05, 4.69) is 10.1 Å². The highest BCUT2D eigenvalue weighted by molar-refractivity contribution is 6.32. The molecule has 1 aliphatic carbocycles. The average Bonchev–Trinajstić information content (AvgIpc) is 3.20. The number of hydrogen-bond donors (Lipinski definition) is 0. The van der Waals surface area contributed by atoms with Gasteiger partial charge >= 0.3 is 0 Å². The van der Waals surface area contributed by atoms with E-state index in [1.165, 1.54) is 11.9 Å². The molecule has 8 heteroatoms. The number of carbonyl (C=O) groups excluding carboxylic acids is 1. The minimum Gasteiger partial charge on any atom is -0.493 e. The smallest absolute Gasteiger partial charge is 0.239 e. The quantitative estimate of drug-likeness (QED) is 0.602. The standard InChI is InChI=1S/C22H23Cl2N3O3/c1-13(28)27-12-17-16(18(26-27)9-14-10-20(23)25-21(24)11-14)7-8-19(29-2)22(17)30-15-5-3-4-6-15/h7-8,10-11,15H,3-6,9,12H2,1-2H3. The van der Waals surface area contributed by atoms with Crippen molar-refractivity contribution < 1.29 is 14.3 Å². The van der Waals surface area contributed by atoms with E-state index in [0.717, 1.165) is 48.1 Å². The molecule has 1 amide bonds. The number of benzene rings is 1. The fourth-order valence-corrected chi connectivity index (χ4v) is 4.51. The first-order chi connectivity index (χ1) is 14.4. The maximum absolute atomic E-state index is 12.2. The van der Waals surface area contributed by atoms with Gasteiger partial charge in [-0.15, -0.1) is 0 Å². The fourth-order valence-electron chi connectivity index (χ4n) is 4.00. The van der Waals surface area contributed by atoms with Crippen LogP contribution in [0.1, 0.15) is 49.3 Å². The van der Waals surface area contributed by atoms with Crippen LogP contribution in [0.5, 0.6) is 11.5 Å². The molecule has 0 saturated heterocycles. The van der Waals surface area contributed by atoms with Crippen molar-refractivity contribution in [1.29, 1.82) is 0 Å². The van der Waals surface area contributed by atoms with Crippen molar-refractivity contribution in [3.8, 4) is 11.5 Å². The molecular formula is C22H23Cl2N3O3. The van der Waals surface area contributed by atoms with E-state index < -0.39 is 0 Å². The van der Waals surface area contributed by atoms with Gasteiger partial charge in [-0.25, -0.2) is 9.99 Å². The van der Waals surface area contributed by atoms with E-state index in [-0.39, 0.29) is 12.0 Å². The molecule has 158 valence electrons. The minimum atomic E-state index is -0.140. The molecule has 1 aromatic carbocycles. The fraction of sp³-hybridized carbons (Fsp3) is 0.409. The van der Waals surface area contributed by atoms with Gasteiger partial charge in [-0.1, -0.05) is 23.2 Å². The number of amides is 1. The largest absolute Gasteiger partial charge is 0.493 e. The van der Waals surface area contributed by atoms with Crippen LogP contribution < -0.4 is 9.47 Å². The number of halogens is 2. The Bertz CT molecular complexity index is 983. The maximum atomic E-state index is 12.2. The molecule has 4 rings (SSSR count). The van der Waals surface area contributed by atoms with Crippen LogP contribution in [-0.2, 0) is 17.8 Å². The van der Waals surface area contributed by atoms with Crippen LogP contribution in [0.25, 0.3) is 0 Å². The number of pyridine rings is 1. The van der Waals surface area contributed by atoms with E-state index in [4.69, 9.17) is 32.7 Å². The molecule has 1 fully saturated rings. The molecule has 1 saturated carbocycles. The van der Waals surface area contributed by atoms with E-state index in [9.17, 15) is 4.79 Å². The molecule has 0 N–H and O–H groups in total. The van der Waals surface area contributed by atoms with E-state index in [1.54, 1.807) is 19.2 Å². The van der Waals surface area contributed by atoms with Crippen molar-refractivity contribution in [2.24, 2.45) is 5.10 Å². The zero-order valence-corrected chi connectivity index (χ0v) is 18.5. The number of hydrogen-bond acceptors (Lipinski definition) is 5. The zero-order chi connectivity index (χ0) is 21.3. The molecule has 0 spiro atoms. The van der Waals surface area contributed by atoms with Gasteiger partial charge in [-0.2, -0.15) is 5.10 Å². The normalized spacial score (nSPS) is 16.3. The zero-order valence-electron chi connectivity index (χ0n) is 17.0. The van der Waals surface area contributed by atoms with Crippen molar-refractivity contribution >= 4 is 34.8 Å². The summed E-state index contributed by atoms with van der Waals surface area (Å²) in [6.07, 6.45) is 5.00. The van der Waals surface area contributed by atoms with Crippen LogP contribution in [0, 0.1) is 0 Å². The van der Waals surface area contributed by atoms with Crippen LogP contribution in [0.15, 0.2) is 29.4 Å². The van der Waals surface area contributed by atoms with Crippen molar-refractivity contribution in [1.82, 2.24) is 9.99 Å². The molecule has 0 unspecified atom stereocenters. The summed E-state index contributed by atoms with van der Waals surface area (Å²) in [4.78, 5) is 16.2. The number of methoxy groups -OCH3 is 1. The van der Waals surface area contributed by atoms with Crippen molar-refractivity contribution in [2.45, 2.75) is 51.7 Å². The Kier molecular flexibility index (Phi) is 6.16. The Morgan fingerprint density at radius 3 is 2.53 bits per heavy atom. The third-order valence-corrected chi connectivity index (χ3v) is 5.84. The molecule has 6 nitrogen and oxygen atoms in total. The minimum absolute atomic E-state index is 0.140. The van der Waals surface area contributed by atoms with Crippen LogP contribution >= 0.6 is 23.2 Å². The topological polar surface area (TPSA) is 64.0 Å². The van der Waals surface area contributed by atoms with Gasteiger partial charge in [-0.3, -0.25) is 4.79 Å². The van der Waals surface area contributed by atoms with Gasteiger partial charge in [0.25, 0.3) is 0 Å². The molecular weight excluding hydrogens is 425 g/mol. The lowest BCUT2D eigenvalue weighted by molar-refractivity contribution is -0.129. The summed E-state index contributed by atoms with van der Waals surface area (Å²) in [6, 6.07) is 7.37. The van der Waals surface area contributed by atoms with Crippen molar-refractivity contribution in [3.05, 3.63) is 51.3 Å². The second kappa shape index (κ2) is 8.82. The molecule has 2 heterocycles. The third kappa shape index (κ3) is 4.40. The molecule has 0 atom stereocenters. The number of hydrazone groups is 1. The first-order valence-electron chi connectivity index (χ1n) is 9.99. The Balaban J connectivity index is 1.77. The number of aromatic nitrogens is 1. The lowest BCUT2D eigenvalue weighted by Crippen LogP contribution is -2.31. The number of carbonyl (C=O) groups is 1. The molecule has 30 heavy (non-hydrogen) atoms. The summed E-state index contributed by atoms with van der Waals surface area (Å²) in [5.74, 6) is 1.23. The van der Waals surface area contributed by atoms with Crippen molar-refractivity contribution in [3.63, 3.8) is 0 Å². The molecule has 2 aliphatic rings. The van der Waals surface area contributed by atoms with Gasteiger partial charge in [0.1, 0.15) is 10.3 Å². The predicted molar refractivity (Wildman–Crippen MR) is 117 cm³/mol. The number of ether oxygens (including phenoxy) is 2.